The fraction of sp³-hybridized carbons (Fsp3) is 0.176. The topological polar surface area (TPSA) is 37.4 Å². The van der Waals surface area contributed by atoms with Gasteiger partial charge in [0.25, 0.3) is 10.0 Å². The Hall–Kier alpha value is -2.14. The first-order chi connectivity index (χ1) is 10.3. The quantitative estimate of drug-likeness (QED) is 0.786. The molecule has 0 fully saturated rings. The van der Waals surface area contributed by atoms with Crippen molar-refractivity contribution >= 4 is 15.7 Å². The van der Waals surface area contributed by atoms with Crippen molar-refractivity contribution in [1.29, 1.82) is 0 Å². The van der Waals surface area contributed by atoms with Crippen LogP contribution in [-0.4, -0.2) is 15.0 Å². The van der Waals surface area contributed by atoms with Crippen molar-refractivity contribution in [3.8, 4) is 0 Å². The molecule has 2 rings (SSSR count). The number of nitrogens with zero attached hydrogens (tertiary/aromatic N) is 1. The summed E-state index contributed by atoms with van der Waals surface area (Å²) in [6.07, 6.45) is 1.53. The van der Waals surface area contributed by atoms with Crippen molar-refractivity contribution in [2.45, 2.75) is 18.7 Å². The second-order valence-corrected chi connectivity index (χ2v) is 6.99. The Balaban J connectivity index is 2.55. The van der Waals surface area contributed by atoms with Gasteiger partial charge in [-0.15, -0.1) is 6.58 Å². The molecule has 116 valence electrons. The summed E-state index contributed by atoms with van der Waals surface area (Å²) in [6.45, 7) is 7.59. The molecule has 0 amide bonds. The molecular weight excluding hydrogens is 301 g/mol. The van der Waals surface area contributed by atoms with Crippen LogP contribution in [-0.2, 0) is 10.0 Å². The molecule has 0 aliphatic carbocycles. The molecule has 0 saturated heterocycles. The number of hydrogen-bond acceptors (Lipinski definition) is 2. The number of rotatable bonds is 5. The van der Waals surface area contributed by atoms with Crippen molar-refractivity contribution in [3.63, 3.8) is 0 Å². The smallest absolute Gasteiger partial charge is 0.263 e. The average molecular weight is 319 g/mol. The molecule has 0 aliphatic rings. The van der Waals surface area contributed by atoms with Crippen molar-refractivity contribution in [3.05, 3.63) is 72.1 Å². The lowest BCUT2D eigenvalue weighted by Gasteiger charge is -2.24. The predicted octanol–water partition coefficient (Wildman–Crippen LogP) is 3.82. The monoisotopic (exact) mass is 319 g/mol. The number of hydrogen-bond donors (Lipinski definition) is 0. The summed E-state index contributed by atoms with van der Waals surface area (Å²) in [5.74, 6) is -0.472. The molecule has 0 N–H and O–H groups in total. The highest BCUT2D eigenvalue weighted by Crippen LogP contribution is 2.26. The Morgan fingerprint density at radius 3 is 2.14 bits per heavy atom. The van der Waals surface area contributed by atoms with E-state index >= 15 is 0 Å². The molecule has 5 heteroatoms. The maximum absolute atomic E-state index is 13.0. The zero-order valence-electron chi connectivity index (χ0n) is 12.6. The molecule has 0 radical (unpaired) electrons. The van der Waals surface area contributed by atoms with Gasteiger partial charge in [0.15, 0.2) is 0 Å². The largest absolute Gasteiger partial charge is 0.264 e. The third kappa shape index (κ3) is 3.36. The van der Waals surface area contributed by atoms with Crippen LogP contribution < -0.4 is 4.31 Å². The first-order valence-corrected chi connectivity index (χ1v) is 8.26. The fourth-order valence-corrected chi connectivity index (χ4v) is 3.71. The van der Waals surface area contributed by atoms with Gasteiger partial charge in [0.05, 0.1) is 17.1 Å². The van der Waals surface area contributed by atoms with E-state index in [9.17, 15) is 12.8 Å². The van der Waals surface area contributed by atoms with E-state index in [0.717, 1.165) is 23.3 Å². The number of halogens is 1. The van der Waals surface area contributed by atoms with Crippen molar-refractivity contribution in [2.75, 3.05) is 10.8 Å². The van der Waals surface area contributed by atoms with Crippen LogP contribution in [0.1, 0.15) is 11.1 Å². The van der Waals surface area contributed by atoms with Gasteiger partial charge in [0.2, 0.25) is 0 Å². The Labute approximate surface area is 130 Å². The van der Waals surface area contributed by atoms with Gasteiger partial charge in [-0.2, -0.15) is 0 Å². The van der Waals surface area contributed by atoms with E-state index in [1.807, 2.05) is 19.9 Å². The molecule has 0 unspecified atom stereocenters. The van der Waals surface area contributed by atoms with E-state index in [1.165, 1.54) is 22.5 Å². The second kappa shape index (κ2) is 6.32. The van der Waals surface area contributed by atoms with Gasteiger partial charge in [-0.05, 0) is 61.4 Å². The summed E-state index contributed by atoms with van der Waals surface area (Å²) >= 11 is 0. The maximum Gasteiger partial charge on any atom is 0.264 e. The maximum atomic E-state index is 13.0. The van der Waals surface area contributed by atoms with Gasteiger partial charge in [0.1, 0.15) is 5.82 Å². The van der Waals surface area contributed by atoms with Crippen molar-refractivity contribution in [2.24, 2.45) is 0 Å². The molecule has 0 spiro atoms. The number of benzene rings is 2. The van der Waals surface area contributed by atoms with Crippen molar-refractivity contribution in [1.82, 2.24) is 0 Å². The first-order valence-electron chi connectivity index (χ1n) is 6.82. The molecule has 22 heavy (non-hydrogen) atoms. The zero-order valence-corrected chi connectivity index (χ0v) is 13.4. The van der Waals surface area contributed by atoms with Crippen LogP contribution >= 0.6 is 0 Å². The Morgan fingerprint density at radius 1 is 1.09 bits per heavy atom. The van der Waals surface area contributed by atoms with E-state index in [0.29, 0.717) is 5.69 Å². The van der Waals surface area contributed by atoms with E-state index < -0.39 is 15.8 Å². The number of aryl methyl sites for hydroxylation is 2. The molecule has 2 aromatic carbocycles. The summed E-state index contributed by atoms with van der Waals surface area (Å²) in [6, 6.07) is 10.4. The minimum atomic E-state index is -3.77. The summed E-state index contributed by atoms with van der Waals surface area (Å²) in [7, 11) is -3.77. The molecule has 0 heterocycles. The summed E-state index contributed by atoms with van der Waals surface area (Å²) in [5.41, 5.74) is 2.51. The Bertz CT molecular complexity index is 763. The highest BCUT2D eigenvalue weighted by Gasteiger charge is 2.24. The molecule has 0 saturated carbocycles. The lowest BCUT2D eigenvalue weighted by Crippen LogP contribution is -2.31. The molecular formula is C17H18FNO2S. The minimum absolute atomic E-state index is 0.0508. The average Bonchev–Trinajstić information content (AvgIpc) is 2.44. The van der Waals surface area contributed by atoms with Gasteiger partial charge in [-0.3, -0.25) is 4.31 Å². The highest BCUT2D eigenvalue weighted by molar-refractivity contribution is 7.92. The summed E-state index contributed by atoms with van der Waals surface area (Å²) in [5, 5.41) is 0. The third-order valence-corrected chi connectivity index (χ3v) is 5.00. The number of anilines is 1. The highest BCUT2D eigenvalue weighted by atomic mass is 32.2. The van der Waals surface area contributed by atoms with Crippen LogP contribution in [0.3, 0.4) is 0 Å². The molecule has 0 aromatic heterocycles. The Morgan fingerprint density at radius 2 is 1.64 bits per heavy atom. The normalized spacial score (nSPS) is 11.2. The van der Waals surface area contributed by atoms with Crippen LogP contribution in [0.15, 0.2) is 60.0 Å². The van der Waals surface area contributed by atoms with Gasteiger partial charge < -0.3 is 0 Å². The van der Waals surface area contributed by atoms with Gasteiger partial charge in [-0.25, -0.2) is 12.8 Å². The second-order valence-electron chi connectivity index (χ2n) is 5.12. The molecule has 0 aliphatic heterocycles. The van der Waals surface area contributed by atoms with Gasteiger partial charge >= 0.3 is 0 Å². The number of sulfonamides is 1. The minimum Gasteiger partial charge on any atom is -0.263 e. The van der Waals surface area contributed by atoms with Crippen LogP contribution in [0, 0.1) is 19.7 Å². The van der Waals surface area contributed by atoms with Crippen LogP contribution in [0.2, 0.25) is 0 Å². The molecule has 0 atom stereocenters. The van der Waals surface area contributed by atoms with Gasteiger partial charge in [-0.1, -0.05) is 12.1 Å². The van der Waals surface area contributed by atoms with Crippen LogP contribution in [0.4, 0.5) is 10.1 Å². The lowest BCUT2D eigenvalue weighted by atomic mass is 10.1. The van der Waals surface area contributed by atoms with E-state index in [1.54, 1.807) is 12.1 Å². The lowest BCUT2D eigenvalue weighted by molar-refractivity contribution is 0.591. The van der Waals surface area contributed by atoms with E-state index in [-0.39, 0.29) is 11.4 Å². The van der Waals surface area contributed by atoms with E-state index in [4.69, 9.17) is 0 Å². The van der Waals surface area contributed by atoms with Crippen LogP contribution in [0.5, 0.6) is 0 Å². The Kier molecular flexibility index (Phi) is 4.66. The third-order valence-electron chi connectivity index (χ3n) is 3.19. The summed E-state index contributed by atoms with van der Waals surface area (Å²) in [4.78, 5) is 0.0508. The SMILES string of the molecule is C=CCN(c1cc(C)cc(C)c1)S(=O)(=O)c1ccc(F)cc1. The molecule has 0 bridgehead atoms. The van der Waals surface area contributed by atoms with Gasteiger partial charge in [0, 0.05) is 0 Å². The standard InChI is InChI=1S/C17H18FNO2S/c1-4-9-19(16-11-13(2)10-14(3)12-16)22(20,21)17-7-5-15(18)6-8-17/h4-8,10-12H,1,9H2,2-3H3. The fourth-order valence-electron chi connectivity index (χ4n) is 2.29. The molecule has 2 aromatic rings. The summed E-state index contributed by atoms with van der Waals surface area (Å²) < 4.78 is 39.9. The first kappa shape index (κ1) is 16.2. The molecule has 3 nitrogen and oxygen atoms in total. The van der Waals surface area contributed by atoms with Crippen molar-refractivity contribution < 1.29 is 12.8 Å². The van der Waals surface area contributed by atoms with Crippen LogP contribution in [0.25, 0.3) is 0 Å². The zero-order chi connectivity index (χ0) is 16.3. The van der Waals surface area contributed by atoms with E-state index in [2.05, 4.69) is 6.58 Å². The predicted molar refractivity (Wildman–Crippen MR) is 87.0 cm³/mol.